The molecular formula is C12H20N6O2. The number of carbonyl (C=O) groups excluding carboxylic acids is 2. The highest BCUT2D eigenvalue weighted by atomic mass is 16.2. The molecule has 2 rings (SSSR count). The first-order chi connectivity index (χ1) is 9.47. The second kappa shape index (κ2) is 5.91. The number of rotatable bonds is 3. The highest BCUT2D eigenvalue weighted by Gasteiger charge is 2.24. The van der Waals surface area contributed by atoms with Crippen LogP contribution >= 0.6 is 0 Å². The second-order valence-corrected chi connectivity index (χ2v) is 5.06. The topological polar surface area (TPSA) is 98.6 Å². The fraction of sp³-hybridized carbons (Fsp3) is 0.583. The van der Waals surface area contributed by atoms with Crippen molar-refractivity contribution in [1.82, 2.24) is 24.9 Å². The van der Waals surface area contributed by atoms with Crippen LogP contribution in [0.1, 0.15) is 10.5 Å². The van der Waals surface area contributed by atoms with E-state index < -0.39 is 0 Å². The molecule has 110 valence electrons. The Morgan fingerprint density at radius 2 is 2.00 bits per heavy atom. The van der Waals surface area contributed by atoms with Gasteiger partial charge in [-0.15, -0.1) is 0 Å². The van der Waals surface area contributed by atoms with Crippen molar-refractivity contribution >= 4 is 17.6 Å². The molecule has 1 aromatic heterocycles. The standard InChI is InChI=1S/C12H20N6O2/c1-16(2)11(19)8-17-3-5-18(6-4-17)12(20)9-7-10(13)15-14-9/h7H,3-6,8H2,1-2H3,(H3,13,14,15). The predicted octanol–water partition coefficient (Wildman–Crippen LogP) is -1.16. The minimum Gasteiger partial charge on any atom is -0.382 e. The maximum Gasteiger partial charge on any atom is 0.272 e. The van der Waals surface area contributed by atoms with Crippen LogP contribution in [0.15, 0.2) is 6.07 Å². The highest BCUT2D eigenvalue weighted by Crippen LogP contribution is 2.09. The van der Waals surface area contributed by atoms with Crippen LogP contribution in [-0.4, -0.2) is 83.5 Å². The zero-order chi connectivity index (χ0) is 14.7. The number of piperazine rings is 1. The van der Waals surface area contributed by atoms with E-state index >= 15 is 0 Å². The van der Waals surface area contributed by atoms with Crippen molar-refractivity contribution in [2.75, 3.05) is 52.6 Å². The summed E-state index contributed by atoms with van der Waals surface area (Å²) in [5, 5.41) is 6.37. The molecule has 2 amide bonds. The number of nitrogens with zero attached hydrogens (tertiary/aromatic N) is 4. The van der Waals surface area contributed by atoms with Crippen molar-refractivity contribution in [3.8, 4) is 0 Å². The van der Waals surface area contributed by atoms with Crippen LogP contribution in [0.3, 0.4) is 0 Å². The van der Waals surface area contributed by atoms with Gasteiger partial charge in [0, 0.05) is 46.3 Å². The van der Waals surface area contributed by atoms with Gasteiger partial charge < -0.3 is 15.5 Å². The smallest absolute Gasteiger partial charge is 0.272 e. The molecule has 20 heavy (non-hydrogen) atoms. The van der Waals surface area contributed by atoms with E-state index in [-0.39, 0.29) is 11.8 Å². The Hall–Kier alpha value is -2.09. The van der Waals surface area contributed by atoms with Gasteiger partial charge in [-0.25, -0.2) is 0 Å². The van der Waals surface area contributed by atoms with Crippen LogP contribution in [-0.2, 0) is 4.79 Å². The van der Waals surface area contributed by atoms with Gasteiger partial charge in [-0.1, -0.05) is 0 Å². The van der Waals surface area contributed by atoms with Gasteiger partial charge in [0.1, 0.15) is 11.5 Å². The summed E-state index contributed by atoms with van der Waals surface area (Å²) in [5.41, 5.74) is 5.89. The molecule has 8 heteroatoms. The number of carbonyl (C=O) groups is 2. The summed E-state index contributed by atoms with van der Waals surface area (Å²) in [4.78, 5) is 29.1. The van der Waals surface area contributed by atoms with Crippen molar-refractivity contribution in [1.29, 1.82) is 0 Å². The lowest BCUT2D eigenvalue weighted by atomic mass is 10.2. The van der Waals surface area contributed by atoms with Gasteiger partial charge in [0.15, 0.2) is 0 Å². The molecule has 0 radical (unpaired) electrons. The first kappa shape index (κ1) is 14.3. The minimum absolute atomic E-state index is 0.0751. The van der Waals surface area contributed by atoms with Crippen molar-refractivity contribution in [2.45, 2.75) is 0 Å². The quantitative estimate of drug-likeness (QED) is 0.727. The molecule has 1 aliphatic rings. The van der Waals surface area contributed by atoms with E-state index in [9.17, 15) is 9.59 Å². The van der Waals surface area contributed by atoms with E-state index in [1.54, 1.807) is 23.9 Å². The number of anilines is 1. The summed E-state index contributed by atoms with van der Waals surface area (Å²) >= 11 is 0. The Labute approximate surface area is 117 Å². The molecule has 0 bridgehead atoms. The summed E-state index contributed by atoms with van der Waals surface area (Å²) in [6.07, 6.45) is 0. The summed E-state index contributed by atoms with van der Waals surface area (Å²) in [5.74, 6) is 0.280. The second-order valence-electron chi connectivity index (χ2n) is 5.06. The lowest BCUT2D eigenvalue weighted by Gasteiger charge is -2.34. The Kier molecular flexibility index (Phi) is 4.23. The zero-order valence-electron chi connectivity index (χ0n) is 11.8. The molecule has 2 heterocycles. The van der Waals surface area contributed by atoms with Crippen LogP contribution in [0.4, 0.5) is 5.82 Å². The molecular weight excluding hydrogens is 260 g/mol. The van der Waals surface area contributed by atoms with E-state index in [1.807, 2.05) is 4.90 Å². The van der Waals surface area contributed by atoms with Crippen LogP contribution in [0.25, 0.3) is 0 Å². The lowest BCUT2D eigenvalue weighted by Crippen LogP contribution is -2.51. The highest BCUT2D eigenvalue weighted by molar-refractivity contribution is 5.93. The molecule has 0 atom stereocenters. The van der Waals surface area contributed by atoms with Gasteiger partial charge in [0.25, 0.3) is 5.91 Å². The number of aromatic amines is 1. The normalized spacial score (nSPS) is 16.2. The fourth-order valence-corrected chi connectivity index (χ4v) is 2.06. The largest absolute Gasteiger partial charge is 0.382 e. The Morgan fingerprint density at radius 3 is 2.50 bits per heavy atom. The Morgan fingerprint density at radius 1 is 1.35 bits per heavy atom. The van der Waals surface area contributed by atoms with E-state index in [1.165, 1.54) is 6.07 Å². The first-order valence-electron chi connectivity index (χ1n) is 6.50. The van der Waals surface area contributed by atoms with E-state index in [0.29, 0.717) is 44.2 Å². The third-order valence-corrected chi connectivity index (χ3v) is 3.35. The number of hydrogen-bond acceptors (Lipinski definition) is 5. The summed E-state index contributed by atoms with van der Waals surface area (Å²) < 4.78 is 0. The molecule has 0 aliphatic carbocycles. The van der Waals surface area contributed by atoms with Gasteiger partial charge in [0.05, 0.1) is 6.54 Å². The van der Waals surface area contributed by atoms with Crippen LogP contribution in [0.5, 0.6) is 0 Å². The molecule has 0 aromatic carbocycles. The van der Waals surface area contributed by atoms with Gasteiger partial charge in [-0.2, -0.15) is 5.10 Å². The number of nitrogens with two attached hydrogens (primary N) is 1. The van der Waals surface area contributed by atoms with Gasteiger partial charge in [0.2, 0.25) is 5.91 Å². The molecule has 1 fully saturated rings. The van der Waals surface area contributed by atoms with E-state index in [4.69, 9.17) is 5.73 Å². The third-order valence-electron chi connectivity index (χ3n) is 3.35. The summed E-state index contributed by atoms with van der Waals surface area (Å²) in [6.45, 7) is 2.97. The first-order valence-corrected chi connectivity index (χ1v) is 6.50. The lowest BCUT2D eigenvalue weighted by molar-refractivity contribution is -0.130. The van der Waals surface area contributed by atoms with Crippen LogP contribution in [0.2, 0.25) is 0 Å². The third kappa shape index (κ3) is 3.27. The molecule has 1 aromatic rings. The van der Waals surface area contributed by atoms with E-state index in [2.05, 4.69) is 10.2 Å². The molecule has 8 nitrogen and oxygen atoms in total. The van der Waals surface area contributed by atoms with Crippen molar-refractivity contribution < 1.29 is 9.59 Å². The van der Waals surface area contributed by atoms with Crippen molar-refractivity contribution in [2.24, 2.45) is 0 Å². The number of hydrogen-bond donors (Lipinski definition) is 2. The molecule has 1 saturated heterocycles. The minimum atomic E-state index is -0.104. The number of amides is 2. The Balaban J connectivity index is 1.85. The average molecular weight is 280 g/mol. The summed E-state index contributed by atoms with van der Waals surface area (Å²) in [6, 6.07) is 1.53. The van der Waals surface area contributed by atoms with Crippen LogP contribution < -0.4 is 5.73 Å². The number of likely N-dealkylation sites (N-methyl/N-ethyl adjacent to an activating group) is 1. The number of aromatic nitrogens is 2. The predicted molar refractivity (Wildman–Crippen MR) is 74.0 cm³/mol. The SMILES string of the molecule is CN(C)C(=O)CN1CCN(C(=O)c2cc(N)n[nH]2)CC1. The molecule has 0 spiro atoms. The average Bonchev–Trinajstić information content (AvgIpc) is 2.85. The number of nitrogens with one attached hydrogen (secondary N) is 1. The van der Waals surface area contributed by atoms with Crippen LogP contribution in [0, 0.1) is 0 Å². The molecule has 0 unspecified atom stereocenters. The van der Waals surface area contributed by atoms with Gasteiger partial charge >= 0.3 is 0 Å². The molecule has 3 N–H and O–H groups in total. The zero-order valence-corrected chi connectivity index (χ0v) is 11.8. The number of H-pyrrole nitrogens is 1. The fourth-order valence-electron chi connectivity index (χ4n) is 2.06. The van der Waals surface area contributed by atoms with Gasteiger partial charge in [-0.05, 0) is 0 Å². The number of nitrogen functional groups attached to an aromatic ring is 1. The van der Waals surface area contributed by atoms with Crippen molar-refractivity contribution in [3.63, 3.8) is 0 Å². The van der Waals surface area contributed by atoms with Gasteiger partial charge in [-0.3, -0.25) is 19.6 Å². The maximum atomic E-state index is 12.2. The molecule has 0 saturated carbocycles. The Bertz CT molecular complexity index is 490. The van der Waals surface area contributed by atoms with E-state index in [0.717, 1.165) is 0 Å². The van der Waals surface area contributed by atoms with Crippen molar-refractivity contribution in [3.05, 3.63) is 11.8 Å². The summed E-state index contributed by atoms with van der Waals surface area (Å²) in [7, 11) is 3.48. The monoisotopic (exact) mass is 280 g/mol. The molecule has 1 aliphatic heterocycles. The maximum absolute atomic E-state index is 12.2.